The molecule has 0 bridgehead atoms. The van der Waals surface area contributed by atoms with E-state index in [-0.39, 0.29) is 6.10 Å². The summed E-state index contributed by atoms with van der Waals surface area (Å²) in [7, 11) is 0. The molecule has 3 heterocycles. The Labute approximate surface area is 172 Å². The van der Waals surface area contributed by atoms with Crippen LogP contribution in [0.2, 0.25) is 0 Å². The number of anilines is 4. The zero-order valence-electron chi connectivity index (χ0n) is 16.8. The van der Waals surface area contributed by atoms with Gasteiger partial charge in [0.25, 0.3) is 0 Å². The van der Waals surface area contributed by atoms with Gasteiger partial charge in [-0.1, -0.05) is 12.8 Å². The second-order valence-corrected chi connectivity index (χ2v) is 8.45. The Kier molecular flexibility index (Phi) is 5.24. The number of aliphatic hydroxyl groups is 1. The number of hydrogen-bond acceptors (Lipinski definition) is 7. The van der Waals surface area contributed by atoms with Crippen LogP contribution in [0.4, 0.5) is 23.1 Å². The number of aromatic nitrogens is 2. The molecule has 2 aromatic rings. The van der Waals surface area contributed by atoms with Crippen LogP contribution in [0.5, 0.6) is 0 Å². The van der Waals surface area contributed by atoms with Crippen molar-refractivity contribution >= 4 is 23.1 Å². The quantitative estimate of drug-likeness (QED) is 0.736. The van der Waals surface area contributed by atoms with E-state index in [1.807, 2.05) is 6.20 Å². The zero-order chi connectivity index (χ0) is 19.6. The lowest BCUT2D eigenvalue weighted by molar-refractivity contribution is 0.154. The van der Waals surface area contributed by atoms with E-state index in [4.69, 9.17) is 4.98 Å². The lowest BCUT2D eigenvalue weighted by atomic mass is 10.1. The summed E-state index contributed by atoms with van der Waals surface area (Å²) in [6.07, 6.45) is 8.79. The van der Waals surface area contributed by atoms with Gasteiger partial charge < -0.3 is 20.2 Å². The number of nitrogens with one attached hydrogen (secondary N) is 2. The molecular weight excluding hydrogens is 364 g/mol. The highest BCUT2D eigenvalue weighted by atomic mass is 16.3. The molecule has 1 unspecified atom stereocenters. The highest BCUT2D eigenvalue weighted by Gasteiger charge is 2.28. The number of nitrogens with zero attached hydrogens (tertiary/aromatic N) is 4. The summed E-state index contributed by atoms with van der Waals surface area (Å²) < 4.78 is 0. The first-order chi connectivity index (χ1) is 14.3. The topological polar surface area (TPSA) is 76.5 Å². The van der Waals surface area contributed by atoms with E-state index in [2.05, 4.69) is 49.7 Å². The molecule has 2 fully saturated rings. The summed E-state index contributed by atoms with van der Waals surface area (Å²) in [5.74, 6) is 1.72. The molecule has 0 spiro atoms. The fraction of sp³-hybridized carbons (Fsp3) is 0.545. The van der Waals surface area contributed by atoms with Gasteiger partial charge in [0.15, 0.2) is 0 Å². The van der Waals surface area contributed by atoms with E-state index in [9.17, 15) is 5.11 Å². The highest BCUT2D eigenvalue weighted by molar-refractivity contribution is 5.61. The lowest BCUT2D eigenvalue weighted by Gasteiger charge is -2.35. The van der Waals surface area contributed by atoms with E-state index < -0.39 is 0 Å². The van der Waals surface area contributed by atoms with Gasteiger partial charge in [-0.3, -0.25) is 5.32 Å². The van der Waals surface area contributed by atoms with Crippen LogP contribution in [-0.2, 0) is 6.54 Å². The minimum absolute atomic E-state index is 0.220. The van der Waals surface area contributed by atoms with Gasteiger partial charge in [-0.2, -0.15) is 4.98 Å². The molecule has 7 heteroatoms. The van der Waals surface area contributed by atoms with Crippen LogP contribution in [0.1, 0.15) is 44.1 Å². The van der Waals surface area contributed by atoms with Crippen LogP contribution in [0.25, 0.3) is 0 Å². The maximum Gasteiger partial charge on any atom is 0.229 e. The maximum absolute atomic E-state index is 9.91. The van der Waals surface area contributed by atoms with Crippen molar-refractivity contribution in [2.75, 3.05) is 34.9 Å². The molecule has 1 aromatic heterocycles. The molecule has 1 aromatic carbocycles. The minimum Gasteiger partial charge on any atom is -0.391 e. The number of β-amino-alcohol motifs (C(OH)–C–C–N with tert-alkyl or cyclic N) is 1. The lowest BCUT2D eigenvalue weighted by Crippen LogP contribution is -2.45. The standard InChI is InChI=1S/C22H30N6O/c29-20-6-3-11-27(14-20)18-9-7-17(8-10-18)25-22-24-13-16-12-23-15-28(21(16)26-22)19-4-1-2-5-19/h7-10,13,19-20,23,29H,1-6,11-12,14-15H2,(H,24,25,26). The van der Waals surface area contributed by atoms with E-state index in [1.165, 1.54) is 31.2 Å². The first-order valence-electron chi connectivity index (χ1n) is 10.9. The minimum atomic E-state index is -0.220. The van der Waals surface area contributed by atoms with Crippen LogP contribution in [0, 0.1) is 0 Å². The first-order valence-corrected chi connectivity index (χ1v) is 10.9. The number of hydrogen-bond donors (Lipinski definition) is 3. The second kappa shape index (κ2) is 8.16. The van der Waals surface area contributed by atoms with Gasteiger partial charge >= 0.3 is 0 Å². The SMILES string of the molecule is OC1CCCN(c2ccc(Nc3ncc4c(n3)N(C3CCCC3)CNC4)cc2)C1. The van der Waals surface area contributed by atoms with Gasteiger partial charge in [0.05, 0.1) is 12.8 Å². The molecule has 3 N–H and O–H groups in total. The maximum atomic E-state index is 9.91. The summed E-state index contributed by atoms with van der Waals surface area (Å²) in [4.78, 5) is 14.1. The van der Waals surface area contributed by atoms with Crippen molar-refractivity contribution in [1.82, 2.24) is 15.3 Å². The highest BCUT2D eigenvalue weighted by Crippen LogP contribution is 2.31. The van der Waals surface area contributed by atoms with Crippen LogP contribution in [0.3, 0.4) is 0 Å². The Morgan fingerprint density at radius 3 is 2.69 bits per heavy atom. The Bertz CT molecular complexity index is 836. The van der Waals surface area contributed by atoms with E-state index in [0.717, 1.165) is 49.8 Å². The summed E-state index contributed by atoms with van der Waals surface area (Å²) in [6, 6.07) is 8.93. The summed E-state index contributed by atoms with van der Waals surface area (Å²) in [5.41, 5.74) is 3.31. The third-order valence-electron chi connectivity index (χ3n) is 6.36. The van der Waals surface area contributed by atoms with Crippen LogP contribution in [-0.4, -0.2) is 47.0 Å². The largest absolute Gasteiger partial charge is 0.391 e. The number of aliphatic hydroxyl groups excluding tert-OH is 1. The normalized spacial score (nSPS) is 22.6. The van der Waals surface area contributed by atoms with E-state index >= 15 is 0 Å². The van der Waals surface area contributed by atoms with Crippen LogP contribution < -0.4 is 20.4 Å². The van der Waals surface area contributed by atoms with Crippen LogP contribution >= 0.6 is 0 Å². The molecule has 1 saturated carbocycles. The molecule has 29 heavy (non-hydrogen) atoms. The molecular formula is C22H30N6O. The second-order valence-electron chi connectivity index (χ2n) is 8.45. The van der Waals surface area contributed by atoms with Gasteiger partial charge in [-0.15, -0.1) is 0 Å². The third kappa shape index (κ3) is 4.02. The van der Waals surface area contributed by atoms with Crippen molar-refractivity contribution in [2.24, 2.45) is 0 Å². The average Bonchev–Trinajstić information content (AvgIpc) is 3.28. The summed E-state index contributed by atoms with van der Waals surface area (Å²) in [6.45, 7) is 3.41. The smallest absolute Gasteiger partial charge is 0.229 e. The van der Waals surface area contributed by atoms with E-state index in [0.29, 0.717) is 18.5 Å². The molecule has 1 aliphatic carbocycles. The first kappa shape index (κ1) is 18.6. The Morgan fingerprint density at radius 2 is 1.90 bits per heavy atom. The molecule has 0 radical (unpaired) electrons. The fourth-order valence-electron chi connectivity index (χ4n) is 4.81. The monoisotopic (exact) mass is 394 g/mol. The van der Waals surface area contributed by atoms with Gasteiger partial charge in [0.1, 0.15) is 5.82 Å². The third-order valence-corrected chi connectivity index (χ3v) is 6.36. The van der Waals surface area contributed by atoms with Crippen LogP contribution in [0.15, 0.2) is 30.5 Å². The van der Waals surface area contributed by atoms with Crippen molar-refractivity contribution in [3.63, 3.8) is 0 Å². The molecule has 7 nitrogen and oxygen atoms in total. The number of benzene rings is 1. The predicted octanol–water partition coefficient (Wildman–Crippen LogP) is 2.99. The van der Waals surface area contributed by atoms with Crippen molar-refractivity contribution in [1.29, 1.82) is 0 Å². The molecule has 154 valence electrons. The molecule has 1 saturated heterocycles. The summed E-state index contributed by atoms with van der Waals surface area (Å²) >= 11 is 0. The van der Waals surface area contributed by atoms with E-state index in [1.54, 1.807) is 0 Å². The number of piperidine rings is 1. The predicted molar refractivity (Wildman–Crippen MR) is 116 cm³/mol. The van der Waals surface area contributed by atoms with Crippen molar-refractivity contribution in [3.8, 4) is 0 Å². The molecule has 1 atom stereocenters. The van der Waals surface area contributed by atoms with Gasteiger partial charge in [0.2, 0.25) is 5.95 Å². The molecule has 3 aliphatic rings. The number of fused-ring (bicyclic) bond motifs is 1. The van der Waals surface area contributed by atoms with Crippen molar-refractivity contribution in [3.05, 3.63) is 36.0 Å². The van der Waals surface area contributed by atoms with Crippen molar-refractivity contribution in [2.45, 2.75) is 57.2 Å². The van der Waals surface area contributed by atoms with Gasteiger partial charge in [-0.25, -0.2) is 4.98 Å². The van der Waals surface area contributed by atoms with Gasteiger partial charge in [0, 0.05) is 48.8 Å². The average molecular weight is 395 g/mol. The summed E-state index contributed by atoms with van der Waals surface area (Å²) in [5, 5.41) is 16.8. The molecule has 0 amide bonds. The Hall–Kier alpha value is -2.38. The Balaban J connectivity index is 1.31. The molecule has 5 rings (SSSR count). The fourth-order valence-corrected chi connectivity index (χ4v) is 4.81. The Morgan fingerprint density at radius 1 is 1.07 bits per heavy atom. The number of rotatable bonds is 4. The zero-order valence-corrected chi connectivity index (χ0v) is 16.8. The van der Waals surface area contributed by atoms with Crippen molar-refractivity contribution < 1.29 is 5.11 Å². The van der Waals surface area contributed by atoms with Gasteiger partial charge in [-0.05, 0) is 49.9 Å². The molecule has 2 aliphatic heterocycles.